The lowest BCUT2D eigenvalue weighted by molar-refractivity contribution is -0.126. The van der Waals surface area contributed by atoms with E-state index in [0.29, 0.717) is 12.5 Å². The van der Waals surface area contributed by atoms with Crippen molar-refractivity contribution in [3.8, 4) is 0 Å². The van der Waals surface area contributed by atoms with Crippen molar-refractivity contribution in [2.24, 2.45) is 5.92 Å². The number of aliphatic hydroxyl groups is 1. The van der Waals surface area contributed by atoms with Crippen LogP contribution in [0.5, 0.6) is 0 Å². The van der Waals surface area contributed by atoms with Crippen molar-refractivity contribution in [1.82, 2.24) is 10.6 Å². The molecule has 0 spiro atoms. The van der Waals surface area contributed by atoms with Gasteiger partial charge in [-0.2, -0.15) is 0 Å². The van der Waals surface area contributed by atoms with E-state index in [-0.39, 0.29) is 30.0 Å². The van der Waals surface area contributed by atoms with Crippen molar-refractivity contribution in [3.63, 3.8) is 0 Å². The van der Waals surface area contributed by atoms with Crippen LogP contribution in [-0.4, -0.2) is 35.7 Å². The second kappa shape index (κ2) is 7.19. The first-order chi connectivity index (χ1) is 7.44. The molecule has 3 N–H and O–H groups in total. The molecule has 1 aliphatic rings. The molecule has 1 amide bonds. The molecule has 5 heteroatoms. The van der Waals surface area contributed by atoms with Gasteiger partial charge in [-0.3, -0.25) is 4.79 Å². The van der Waals surface area contributed by atoms with Crippen molar-refractivity contribution in [1.29, 1.82) is 0 Å². The predicted octanol–water partition coefficient (Wildman–Crippen LogP) is 1.07. The van der Waals surface area contributed by atoms with Gasteiger partial charge in [0, 0.05) is 6.54 Å². The Morgan fingerprint density at radius 1 is 1.53 bits per heavy atom. The van der Waals surface area contributed by atoms with Gasteiger partial charge in [-0.1, -0.05) is 6.92 Å². The van der Waals surface area contributed by atoms with Crippen LogP contribution in [0.15, 0.2) is 0 Å². The fourth-order valence-corrected chi connectivity index (χ4v) is 2.22. The largest absolute Gasteiger partial charge is 0.393 e. The first-order valence-corrected chi connectivity index (χ1v) is 6.15. The Hall–Kier alpha value is -0.320. The number of rotatable bonds is 5. The van der Waals surface area contributed by atoms with E-state index < -0.39 is 0 Å². The van der Waals surface area contributed by atoms with Gasteiger partial charge in [-0.25, -0.2) is 0 Å². The molecule has 3 atom stereocenters. The first-order valence-electron chi connectivity index (χ1n) is 6.15. The third-order valence-corrected chi connectivity index (χ3v) is 3.22. The van der Waals surface area contributed by atoms with Crippen LogP contribution in [0.2, 0.25) is 0 Å². The summed E-state index contributed by atoms with van der Waals surface area (Å²) in [5.74, 6) is 0.399. The number of amides is 1. The van der Waals surface area contributed by atoms with E-state index in [4.69, 9.17) is 0 Å². The number of carbonyl (C=O) groups is 1. The molecule has 3 unspecified atom stereocenters. The van der Waals surface area contributed by atoms with E-state index in [9.17, 15) is 9.90 Å². The van der Waals surface area contributed by atoms with Crippen LogP contribution >= 0.6 is 12.4 Å². The number of halogens is 1. The molecule has 17 heavy (non-hydrogen) atoms. The Morgan fingerprint density at radius 2 is 2.18 bits per heavy atom. The Kier molecular flexibility index (Phi) is 7.05. The van der Waals surface area contributed by atoms with Gasteiger partial charge in [0.15, 0.2) is 0 Å². The zero-order chi connectivity index (χ0) is 12.2. The van der Waals surface area contributed by atoms with Crippen LogP contribution in [-0.2, 0) is 4.79 Å². The average Bonchev–Trinajstić information content (AvgIpc) is 2.62. The molecule has 4 nitrogen and oxygen atoms in total. The molecule has 0 aromatic heterocycles. The van der Waals surface area contributed by atoms with Gasteiger partial charge in [0.1, 0.15) is 0 Å². The third kappa shape index (κ3) is 5.23. The summed E-state index contributed by atoms with van der Waals surface area (Å²) in [6.45, 7) is 7.33. The highest BCUT2D eigenvalue weighted by Crippen LogP contribution is 2.18. The topological polar surface area (TPSA) is 61.4 Å². The Bertz CT molecular complexity index is 241. The van der Waals surface area contributed by atoms with E-state index in [1.54, 1.807) is 6.92 Å². The molecule has 1 saturated heterocycles. The van der Waals surface area contributed by atoms with Crippen molar-refractivity contribution in [3.05, 3.63) is 0 Å². The van der Waals surface area contributed by atoms with Crippen LogP contribution < -0.4 is 10.6 Å². The Balaban J connectivity index is 0.00000256. The maximum absolute atomic E-state index is 11.9. The summed E-state index contributed by atoms with van der Waals surface area (Å²) >= 11 is 0. The highest BCUT2D eigenvalue weighted by molar-refractivity contribution is 5.86. The lowest BCUT2D eigenvalue weighted by atomic mass is 9.98. The molecule has 0 bridgehead atoms. The van der Waals surface area contributed by atoms with E-state index in [1.165, 1.54) is 0 Å². The lowest BCUT2D eigenvalue weighted by Gasteiger charge is -2.24. The Labute approximate surface area is 110 Å². The van der Waals surface area contributed by atoms with Crippen LogP contribution in [0.4, 0.5) is 0 Å². The monoisotopic (exact) mass is 264 g/mol. The van der Waals surface area contributed by atoms with Gasteiger partial charge in [0.2, 0.25) is 5.91 Å². The highest BCUT2D eigenvalue weighted by atomic mass is 35.5. The molecular formula is C12H25ClN2O2. The number of nitrogens with one attached hydrogen (secondary N) is 2. The number of hydrogen-bond acceptors (Lipinski definition) is 3. The van der Waals surface area contributed by atoms with E-state index in [1.807, 2.05) is 13.8 Å². The fraction of sp³-hybridized carbons (Fsp3) is 0.917. The van der Waals surface area contributed by atoms with Crippen molar-refractivity contribution in [2.75, 3.05) is 13.1 Å². The maximum atomic E-state index is 11.9. The molecule has 1 rings (SSSR count). The van der Waals surface area contributed by atoms with E-state index >= 15 is 0 Å². The lowest BCUT2D eigenvalue weighted by Crippen LogP contribution is -2.51. The smallest absolute Gasteiger partial charge is 0.240 e. The van der Waals surface area contributed by atoms with Crippen molar-refractivity contribution < 1.29 is 9.90 Å². The number of hydrogen-bond donors (Lipinski definition) is 3. The molecular weight excluding hydrogens is 240 g/mol. The second-order valence-corrected chi connectivity index (χ2v) is 5.26. The van der Waals surface area contributed by atoms with Gasteiger partial charge in [-0.05, 0) is 45.6 Å². The zero-order valence-corrected chi connectivity index (χ0v) is 11.8. The van der Waals surface area contributed by atoms with Crippen LogP contribution in [0, 0.1) is 5.92 Å². The SMILES string of the molecule is CC(O)CC(C)CNC(=O)C1(C)CCCN1.Cl. The van der Waals surface area contributed by atoms with Gasteiger partial charge < -0.3 is 15.7 Å². The maximum Gasteiger partial charge on any atom is 0.240 e. The highest BCUT2D eigenvalue weighted by Gasteiger charge is 2.35. The molecule has 0 aromatic carbocycles. The van der Waals surface area contributed by atoms with Gasteiger partial charge in [0.05, 0.1) is 11.6 Å². The summed E-state index contributed by atoms with van der Waals surface area (Å²) in [6, 6.07) is 0. The number of aliphatic hydroxyl groups excluding tert-OH is 1. The molecule has 0 radical (unpaired) electrons. The van der Waals surface area contributed by atoms with E-state index in [0.717, 1.165) is 25.8 Å². The van der Waals surface area contributed by atoms with Crippen LogP contribution in [0.3, 0.4) is 0 Å². The summed E-state index contributed by atoms with van der Waals surface area (Å²) in [7, 11) is 0. The third-order valence-electron chi connectivity index (χ3n) is 3.22. The Morgan fingerprint density at radius 3 is 2.65 bits per heavy atom. The minimum absolute atomic E-state index is 0. The molecule has 1 heterocycles. The zero-order valence-electron chi connectivity index (χ0n) is 11.0. The van der Waals surface area contributed by atoms with E-state index in [2.05, 4.69) is 10.6 Å². The van der Waals surface area contributed by atoms with Crippen molar-refractivity contribution in [2.45, 2.75) is 51.7 Å². The van der Waals surface area contributed by atoms with Crippen LogP contribution in [0.25, 0.3) is 0 Å². The number of carbonyl (C=O) groups excluding carboxylic acids is 1. The van der Waals surface area contributed by atoms with Crippen LogP contribution in [0.1, 0.15) is 40.0 Å². The second-order valence-electron chi connectivity index (χ2n) is 5.26. The molecule has 0 saturated carbocycles. The average molecular weight is 265 g/mol. The van der Waals surface area contributed by atoms with Gasteiger partial charge in [0.25, 0.3) is 0 Å². The summed E-state index contributed by atoms with van der Waals surface area (Å²) in [4.78, 5) is 11.9. The summed E-state index contributed by atoms with van der Waals surface area (Å²) in [5.41, 5.74) is -0.384. The minimum atomic E-state index is -0.384. The molecule has 1 fully saturated rings. The molecule has 0 aromatic rings. The standard InChI is InChI=1S/C12H24N2O2.ClH/c1-9(7-10(2)15)8-13-11(16)12(3)5-4-6-14-12;/h9-10,14-15H,4-8H2,1-3H3,(H,13,16);1H. The molecule has 0 aliphatic carbocycles. The summed E-state index contributed by atoms with van der Waals surface area (Å²) in [6.07, 6.45) is 2.40. The molecule has 1 aliphatic heterocycles. The van der Waals surface area contributed by atoms with Gasteiger partial charge >= 0.3 is 0 Å². The first kappa shape index (κ1) is 16.7. The summed E-state index contributed by atoms with van der Waals surface area (Å²) < 4.78 is 0. The quantitative estimate of drug-likeness (QED) is 0.696. The normalized spacial score (nSPS) is 27.1. The summed E-state index contributed by atoms with van der Waals surface area (Å²) in [5, 5.41) is 15.4. The van der Waals surface area contributed by atoms with Crippen molar-refractivity contribution >= 4 is 18.3 Å². The fourth-order valence-electron chi connectivity index (χ4n) is 2.22. The predicted molar refractivity (Wildman–Crippen MR) is 71.4 cm³/mol. The minimum Gasteiger partial charge on any atom is -0.393 e. The molecule has 102 valence electrons. The van der Waals surface area contributed by atoms with Gasteiger partial charge in [-0.15, -0.1) is 12.4 Å².